The van der Waals surface area contributed by atoms with Gasteiger partial charge in [0.1, 0.15) is 11.4 Å². The maximum absolute atomic E-state index is 13.7. The van der Waals surface area contributed by atoms with Crippen LogP contribution in [0.4, 0.5) is 4.39 Å². The molecule has 1 heterocycles. The Morgan fingerprint density at radius 1 is 1.29 bits per heavy atom. The topological polar surface area (TPSA) is 87.8 Å². The first-order chi connectivity index (χ1) is 14.8. The van der Waals surface area contributed by atoms with Crippen molar-refractivity contribution in [2.24, 2.45) is 16.6 Å². The van der Waals surface area contributed by atoms with E-state index < -0.39 is 5.54 Å². The molecule has 3 N–H and O–H groups in total. The Bertz CT molecular complexity index is 1060. The number of hydrogen-bond donors (Lipinski definition) is 2. The highest BCUT2D eigenvalue weighted by molar-refractivity contribution is 5.99. The SMILES string of the molecule is C#C[C@@]1(C(C)C)CC(=O)N(Cc2ccc(C(=O)NCc3ccccc3F)cc2)C(N)=N1. The van der Waals surface area contributed by atoms with Gasteiger partial charge in [-0.25, -0.2) is 9.38 Å². The number of benzene rings is 2. The lowest BCUT2D eigenvalue weighted by atomic mass is 9.83. The van der Waals surface area contributed by atoms with E-state index in [2.05, 4.69) is 16.2 Å². The van der Waals surface area contributed by atoms with Crippen molar-refractivity contribution in [2.45, 2.75) is 38.9 Å². The first-order valence-electron chi connectivity index (χ1n) is 10.00. The summed E-state index contributed by atoms with van der Waals surface area (Å²) in [4.78, 5) is 30.9. The summed E-state index contributed by atoms with van der Waals surface area (Å²) in [6, 6.07) is 13.1. The van der Waals surface area contributed by atoms with Crippen LogP contribution in [0.15, 0.2) is 53.5 Å². The number of nitrogens with one attached hydrogen (secondary N) is 1. The fraction of sp³-hybridized carbons (Fsp3) is 0.292. The number of nitrogens with two attached hydrogens (primary N) is 1. The van der Waals surface area contributed by atoms with Gasteiger partial charge in [0.05, 0.1) is 13.0 Å². The van der Waals surface area contributed by atoms with Gasteiger partial charge in [-0.2, -0.15) is 0 Å². The number of halogens is 1. The molecule has 1 aliphatic rings. The zero-order chi connectivity index (χ0) is 22.6. The number of nitrogens with zero attached hydrogens (tertiary/aromatic N) is 2. The van der Waals surface area contributed by atoms with E-state index in [4.69, 9.17) is 12.2 Å². The van der Waals surface area contributed by atoms with Crippen molar-refractivity contribution in [2.75, 3.05) is 0 Å². The monoisotopic (exact) mass is 420 g/mol. The number of carbonyl (C=O) groups excluding carboxylic acids is 2. The summed E-state index contributed by atoms with van der Waals surface area (Å²) < 4.78 is 13.7. The van der Waals surface area contributed by atoms with Gasteiger partial charge >= 0.3 is 0 Å². The molecule has 2 amide bonds. The fourth-order valence-corrected chi connectivity index (χ4v) is 3.37. The highest BCUT2D eigenvalue weighted by Gasteiger charge is 2.40. The quantitative estimate of drug-likeness (QED) is 0.705. The first-order valence-corrected chi connectivity index (χ1v) is 10.00. The van der Waals surface area contributed by atoms with Crippen LogP contribution in [0.2, 0.25) is 0 Å². The molecule has 0 spiro atoms. The van der Waals surface area contributed by atoms with Gasteiger partial charge in [-0.05, 0) is 29.7 Å². The predicted molar refractivity (Wildman–Crippen MR) is 117 cm³/mol. The normalized spacial score (nSPS) is 18.5. The molecule has 0 saturated carbocycles. The van der Waals surface area contributed by atoms with Gasteiger partial charge in [0.15, 0.2) is 5.96 Å². The van der Waals surface area contributed by atoms with Crippen molar-refractivity contribution in [3.63, 3.8) is 0 Å². The average molecular weight is 420 g/mol. The number of hydrogen-bond acceptors (Lipinski definition) is 4. The third-order valence-electron chi connectivity index (χ3n) is 5.47. The summed E-state index contributed by atoms with van der Waals surface area (Å²) >= 11 is 0. The molecule has 160 valence electrons. The Labute approximate surface area is 181 Å². The van der Waals surface area contributed by atoms with E-state index in [1.807, 2.05) is 13.8 Å². The van der Waals surface area contributed by atoms with E-state index in [1.54, 1.807) is 42.5 Å². The van der Waals surface area contributed by atoms with Gasteiger partial charge in [-0.3, -0.25) is 14.5 Å². The molecule has 0 saturated heterocycles. The Kier molecular flexibility index (Phi) is 6.40. The first kappa shape index (κ1) is 22.0. The van der Waals surface area contributed by atoms with Crippen LogP contribution in [0.1, 0.15) is 41.8 Å². The van der Waals surface area contributed by atoms with Crippen molar-refractivity contribution in [1.29, 1.82) is 0 Å². The molecule has 0 bridgehead atoms. The predicted octanol–water partition coefficient (Wildman–Crippen LogP) is 2.83. The number of terminal acetylenes is 1. The van der Waals surface area contributed by atoms with E-state index in [1.165, 1.54) is 11.0 Å². The van der Waals surface area contributed by atoms with Crippen LogP contribution in [0.3, 0.4) is 0 Å². The van der Waals surface area contributed by atoms with E-state index in [9.17, 15) is 14.0 Å². The average Bonchev–Trinajstić information content (AvgIpc) is 2.75. The maximum Gasteiger partial charge on any atom is 0.251 e. The molecule has 31 heavy (non-hydrogen) atoms. The lowest BCUT2D eigenvalue weighted by Gasteiger charge is -2.36. The van der Waals surface area contributed by atoms with Gasteiger partial charge in [-0.15, -0.1) is 6.42 Å². The number of guanidine groups is 1. The second-order valence-corrected chi connectivity index (χ2v) is 7.82. The Balaban J connectivity index is 1.66. The molecule has 7 heteroatoms. The Morgan fingerprint density at radius 2 is 1.97 bits per heavy atom. The number of amides is 2. The van der Waals surface area contributed by atoms with Crippen molar-refractivity contribution in [3.05, 3.63) is 71.0 Å². The van der Waals surface area contributed by atoms with E-state index in [0.717, 1.165) is 5.56 Å². The van der Waals surface area contributed by atoms with Gasteiger partial charge in [0.2, 0.25) is 5.91 Å². The summed E-state index contributed by atoms with van der Waals surface area (Å²) in [6.45, 7) is 4.14. The van der Waals surface area contributed by atoms with Gasteiger partial charge < -0.3 is 11.1 Å². The van der Waals surface area contributed by atoms with Gasteiger partial charge in [0, 0.05) is 17.7 Å². The number of aliphatic imine (C=N–C) groups is 1. The van der Waals surface area contributed by atoms with Crippen LogP contribution in [0, 0.1) is 24.1 Å². The fourth-order valence-electron chi connectivity index (χ4n) is 3.37. The van der Waals surface area contributed by atoms with Gasteiger partial charge in [-0.1, -0.05) is 50.1 Å². The highest BCUT2D eigenvalue weighted by Crippen LogP contribution is 2.30. The third-order valence-corrected chi connectivity index (χ3v) is 5.47. The van der Waals surface area contributed by atoms with Crippen LogP contribution in [-0.4, -0.2) is 28.2 Å². The lowest BCUT2D eigenvalue weighted by molar-refractivity contribution is -0.129. The molecular formula is C24H25FN4O2. The molecule has 0 unspecified atom stereocenters. The molecule has 0 radical (unpaired) electrons. The molecular weight excluding hydrogens is 395 g/mol. The minimum Gasteiger partial charge on any atom is -0.369 e. The zero-order valence-electron chi connectivity index (χ0n) is 17.6. The zero-order valence-corrected chi connectivity index (χ0v) is 17.6. The summed E-state index contributed by atoms with van der Waals surface area (Å²) in [6.07, 6.45) is 5.73. The number of carbonyl (C=O) groups is 2. The van der Waals surface area contributed by atoms with Crippen molar-refractivity contribution in [3.8, 4) is 12.3 Å². The lowest BCUT2D eigenvalue weighted by Crippen LogP contribution is -2.52. The molecule has 0 aliphatic carbocycles. The molecule has 6 nitrogen and oxygen atoms in total. The summed E-state index contributed by atoms with van der Waals surface area (Å²) in [7, 11) is 0. The summed E-state index contributed by atoms with van der Waals surface area (Å²) in [5.74, 6) is 1.82. The molecule has 2 aromatic rings. The van der Waals surface area contributed by atoms with Crippen LogP contribution >= 0.6 is 0 Å². The van der Waals surface area contributed by atoms with Crippen molar-refractivity contribution in [1.82, 2.24) is 10.2 Å². The standard InChI is InChI=1S/C24H25FN4O2/c1-4-24(16(2)3)13-21(30)29(23(26)28-24)15-17-9-11-18(12-10-17)22(31)27-14-19-7-5-6-8-20(19)25/h1,5-12,16H,13-15H2,2-3H3,(H2,26,28)(H,27,31)/t24-/m0/s1. The van der Waals surface area contributed by atoms with Crippen LogP contribution in [0.5, 0.6) is 0 Å². The van der Waals surface area contributed by atoms with E-state index in [-0.39, 0.29) is 49.0 Å². The smallest absolute Gasteiger partial charge is 0.251 e. The van der Waals surface area contributed by atoms with Crippen molar-refractivity contribution < 1.29 is 14.0 Å². The van der Waals surface area contributed by atoms with Crippen LogP contribution < -0.4 is 11.1 Å². The van der Waals surface area contributed by atoms with Crippen molar-refractivity contribution >= 4 is 17.8 Å². The molecule has 0 fully saturated rings. The molecule has 3 rings (SSSR count). The maximum atomic E-state index is 13.7. The largest absolute Gasteiger partial charge is 0.369 e. The minimum atomic E-state index is -0.919. The highest BCUT2D eigenvalue weighted by atomic mass is 19.1. The van der Waals surface area contributed by atoms with Gasteiger partial charge in [0.25, 0.3) is 5.91 Å². The Morgan fingerprint density at radius 3 is 2.55 bits per heavy atom. The second-order valence-electron chi connectivity index (χ2n) is 7.82. The summed E-state index contributed by atoms with van der Waals surface area (Å²) in [5.41, 5.74) is 6.77. The minimum absolute atomic E-state index is 0.0238. The van der Waals surface area contributed by atoms with Crippen LogP contribution in [-0.2, 0) is 17.9 Å². The van der Waals surface area contributed by atoms with Crippen LogP contribution in [0.25, 0.3) is 0 Å². The molecule has 1 aliphatic heterocycles. The molecule has 1 atom stereocenters. The summed E-state index contributed by atoms with van der Waals surface area (Å²) in [5, 5.41) is 2.70. The molecule has 0 aromatic heterocycles. The molecule has 2 aromatic carbocycles. The Hall–Kier alpha value is -3.66. The number of rotatable bonds is 6. The van der Waals surface area contributed by atoms with E-state index in [0.29, 0.717) is 11.1 Å². The second kappa shape index (κ2) is 9.00. The van der Waals surface area contributed by atoms with E-state index >= 15 is 0 Å². The third kappa shape index (κ3) is 4.75.